The number of carbonyl (C=O) groups is 1. The van der Waals surface area contributed by atoms with E-state index in [0.717, 1.165) is 61.6 Å². The number of unbranched alkanes of at least 4 members (excludes halogenated alkanes) is 2. The molecule has 1 aliphatic carbocycles. The van der Waals surface area contributed by atoms with E-state index in [4.69, 9.17) is 21.4 Å². The summed E-state index contributed by atoms with van der Waals surface area (Å²) in [5.74, 6) is -0.298. The Morgan fingerprint density at radius 1 is 1.14 bits per heavy atom. The van der Waals surface area contributed by atoms with Gasteiger partial charge in [-0.3, -0.25) is 0 Å². The molecule has 2 aromatic carbocycles. The highest BCUT2D eigenvalue weighted by molar-refractivity contribution is 6.21. The number of halogens is 1. The van der Waals surface area contributed by atoms with Crippen molar-refractivity contribution in [2.45, 2.75) is 81.8 Å². The number of esters is 1. The first-order chi connectivity index (χ1) is 16.9. The molecule has 0 radical (unpaired) electrons. The molecule has 2 aromatic rings. The summed E-state index contributed by atoms with van der Waals surface area (Å²) in [5.41, 5.74) is 3.53. The van der Waals surface area contributed by atoms with Crippen molar-refractivity contribution in [3.8, 4) is 0 Å². The lowest BCUT2D eigenvalue weighted by Gasteiger charge is -2.24. The van der Waals surface area contributed by atoms with Crippen molar-refractivity contribution in [2.24, 2.45) is 5.92 Å². The number of alkyl halides is 1. The first-order valence-electron chi connectivity index (χ1n) is 12.9. The van der Waals surface area contributed by atoms with Crippen LogP contribution in [0, 0.1) is 5.92 Å². The molecule has 3 N–H and O–H groups in total. The molecule has 0 aliphatic heterocycles. The summed E-state index contributed by atoms with van der Waals surface area (Å²) in [6.07, 6.45) is 6.25. The molecule has 5 nitrogen and oxygen atoms in total. The number of aryl methyl sites for hydroxylation is 1. The fourth-order valence-electron chi connectivity index (χ4n) is 5.20. The predicted molar refractivity (Wildman–Crippen MR) is 139 cm³/mol. The van der Waals surface area contributed by atoms with E-state index in [2.05, 4.69) is 6.92 Å². The maximum Gasteiger partial charge on any atom is 0.338 e. The summed E-state index contributed by atoms with van der Waals surface area (Å²) in [6.45, 7) is 1.95. The number of carbonyl (C=O) groups excluding carboxylic acids is 1. The largest absolute Gasteiger partial charge is 0.460 e. The van der Waals surface area contributed by atoms with E-state index in [1.54, 1.807) is 6.07 Å². The van der Waals surface area contributed by atoms with Crippen molar-refractivity contribution in [3.63, 3.8) is 0 Å². The SMILES string of the molecule is CCCCCC(O)c1ccc([C@@H]2[C@@H](CCCc3cccc(C(=O)OCCO)c3)[C@H](Cl)C[C@H]2O)cc1. The highest BCUT2D eigenvalue weighted by atomic mass is 35.5. The van der Waals surface area contributed by atoms with Gasteiger partial charge in [0, 0.05) is 11.3 Å². The van der Waals surface area contributed by atoms with Crippen LogP contribution >= 0.6 is 11.6 Å². The van der Waals surface area contributed by atoms with Crippen LogP contribution in [0.1, 0.15) is 90.9 Å². The maximum absolute atomic E-state index is 12.1. The third kappa shape index (κ3) is 7.78. The van der Waals surface area contributed by atoms with Gasteiger partial charge in [-0.05, 0) is 66.8 Å². The zero-order chi connectivity index (χ0) is 25.2. The topological polar surface area (TPSA) is 87.0 Å². The first kappa shape index (κ1) is 27.7. The minimum atomic E-state index is -0.479. The Morgan fingerprint density at radius 3 is 2.63 bits per heavy atom. The van der Waals surface area contributed by atoms with Gasteiger partial charge in [0.2, 0.25) is 0 Å². The van der Waals surface area contributed by atoms with Crippen molar-refractivity contribution >= 4 is 17.6 Å². The molecule has 6 heteroatoms. The van der Waals surface area contributed by atoms with Crippen LogP contribution in [0.2, 0.25) is 0 Å². The Balaban J connectivity index is 1.60. The van der Waals surface area contributed by atoms with E-state index in [9.17, 15) is 15.0 Å². The second-order valence-electron chi connectivity index (χ2n) is 9.64. The summed E-state index contributed by atoms with van der Waals surface area (Å²) in [5, 5.41) is 30.0. The van der Waals surface area contributed by atoms with Gasteiger partial charge < -0.3 is 20.1 Å². The number of benzene rings is 2. The van der Waals surface area contributed by atoms with Gasteiger partial charge in [0.1, 0.15) is 6.61 Å². The van der Waals surface area contributed by atoms with Crippen LogP contribution in [0.4, 0.5) is 0 Å². The van der Waals surface area contributed by atoms with Crippen molar-refractivity contribution in [2.75, 3.05) is 13.2 Å². The van der Waals surface area contributed by atoms with Crippen LogP contribution in [0.5, 0.6) is 0 Å². The molecule has 1 unspecified atom stereocenters. The molecular formula is C29H39ClO5. The monoisotopic (exact) mass is 502 g/mol. The summed E-state index contributed by atoms with van der Waals surface area (Å²) >= 11 is 6.69. The minimum Gasteiger partial charge on any atom is -0.460 e. The predicted octanol–water partition coefficient (Wildman–Crippen LogP) is 5.54. The quantitative estimate of drug-likeness (QED) is 0.190. The Kier molecular flexibility index (Phi) is 11.1. The summed E-state index contributed by atoms with van der Waals surface area (Å²) < 4.78 is 5.00. The van der Waals surface area contributed by atoms with Crippen LogP contribution in [0.3, 0.4) is 0 Å². The number of aliphatic hydroxyl groups is 3. The molecule has 35 heavy (non-hydrogen) atoms. The van der Waals surface area contributed by atoms with Gasteiger partial charge in [0.05, 0.1) is 24.4 Å². The van der Waals surface area contributed by atoms with Crippen LogP contribution in [0.25, 0.3) is 0 Å². The van der Waals surface area contributed by atoms with Crippen LogP contribution in [-0.2, 0) is 11.2 Å². The number of hydrogen-bond acceptors (Lipinski definition) is 5. The van der Waals surface area contributed by atoms with Gasteiger partial charge in [-0.15, -0.1) is 11.6 Å². The molecule has 1 aliphatic rings. The Bertz CT molecular complexity index is 916. The number of hydrogen-bond donors (Lipinski definition) is 3. The minimum absolute atomic E-state index is 0.00956. The lowest BCUT2D eigenvalue weighted by molar-refractivity contribution is 0.0433. The van der Waals surface area contributed by atoms with Gasteiger partial charge in [-0.1, -0.05) is 62.6 Å². The van der Waals surface area contributed by atoms with E-state index in [1.165, 1.54) is 0 Å². The Morgan fingerprint density at radius 2 is 1.91 bits per heavy atom. The van der Waals surface area contributed by atoms with E-state index in [0.29, 0.717) is 12.0 Å². The third-order valence-electron chi connectivity index (χ3n) is 7.08. The van der Waals surface area contributed by atoms with Crippen molar-refractivity contribution in [3.05, 3.63) is 70.8 Å². The molecule has 3 rings (SSSR count). The standard InChI is InChI=1S/C29H39ClO5/c1-2-3-4-11-26(32)21-12-14-22(15-13-21)28-24(25(30)19-27(28)33)10-6-8-20-7-5-9-23(18-20)29(34)35-17-16-31/h5,7,9,12-15,18,24-28,31-33H,2-4,6,8,10-11,16-17,19H2,1H3/t24-,25+,26?,27+,28+/m0/s1. The highest BCUT2D eigenvalue weighted by Crippen LogP contribution is 2.45. The molecule has 0 spiro atoms. The van der Waals surface area contributed by atoms with Crippen LogP contribution in [0.15, 0.2) is 48.5 Å². The zero-order valence-corrected chi connectivity index (χ0v) is 21.4. The normalized spacial score (nSPS) is 22.8. The molecule has 0 aromatic heterocycles. The number of rotatable bonds is 13. The fraction of sp³-hybridized carbons (Fsp3) is 0.552. The average Bonchev–Trinajstić information content (AvgIpc) is 3.15. The van der Waals surface area contributed by atoms with Crippen LogP contribution < -0.4 is 0 Å². The maximum atomic E-state index is 12.1. The van der Waals surface area contributed by atoms with Crippen molar-refractivity contribution in [1.82, 2.24) is 0 Å². The van der Waals surface area contributed by atoms with Crippen molar-refractivity contribution < 1.29 is 24.9 Å². The fourth-order valence-corrected chi connectivity index (χ4v) is 5.67. The molecule has 0 amide bonds. The Labute approximate surface area is 214 Å². The van der Waals surface area contributed by atoms with E-state index in [-0.39, 0.29) is 30.4 Å². The molecular weight excluding hydrogens is 464 g/mol. The van der Waals surface area contributed by atoms with Gasteiger partial charge in [0.25, 0.3) is 0 Å². The van der Waals surface area contributed by atoms with Crippen molar-refractivity contribution in [1.29, 1.82) is 0 Å². The lowest BCUT2D eigenvalue weighted by atomic mass is 9.83. The molecule has 1 saturated carbocycles. The number of aliphatic hydroxyl groups excluding tert-OH is 3. The molecule has 5 atom stereocenters. The molecule has 0 bridgehead atoms. The third-order valence-corrected chi connectivity index (χ3v) is 7.59. The summed E-state index contributed by atoms with van der Waals surface area (Å²) in [7, 11) is 0. The van der Waals surface area contributed by atoms with Gasteiger partial charge >= 0.3 is 5.97 Å². The smallest absolute Gasteiger partial charge is 0.338 e. The van der Waals surface area contributed by atoms with E-state index in [1.807, 2.05) is 42.5 Å². The van der Waals surface area contributed by atoms with Crippen LogP contribution in [-0.4, -0.2) is 46.0 Å². The lowest BCUT2D eigenvalue weighted by Crippen LogP contribution is -2.19. The molecule has 192 valence electrons. The number of ether oxygens (including phenoxy) is 1. The van der Waals surface area contributed by atoms with E-state index >= 15 is 0 Å². The van der Waals surface area contributed by atoms with E-state index < -0.39 is 18.2 Å². The average molecular weight is 503 g/mol. The summed E-state index contributed by atoms with van der Waals surface area (Å²) in [4.78, 5) is 12.1. The first-order valence-corrected chi connectivity index (χ1v) is 13.3. The van der Waals surface area contributed by atoms with Gasteiger partial charge in [-0.2, -0.15) is 0 Å². The highest BCUT2D eigenvalue weighted by Gasteiger charge is 2.41. The van der Waals surface area contributed by atoms with Gasteiger partial charge in [0.15, 0.2) is 0 Å². The zero-order valence-electron chi connectivity index (χ0n) is 20.6. The molecule has 1 fully saturated rings. The Hall–Kier alpha value is -1.92. The second kappa shape index (κ2) is 14.0. The summed E-state index contributed by atoms with van der Waals surface area (Å²) in [6, 6.07) is 15.4. The second-order valence-corrected chi connectivity index (χ2v) is 10.2. The van der Waals surface area contributed by atoms with Gasteiger partial charge in [-0.25, -0.2) is 4.79 Å². The molecule has 0 heterocycles. The molecule has 0 saturated heterocycles.